The van der Waals surface area contributed by atoms with Gasteiger partial charge >= 0.3 is 0 Å². The Morgan fingerprint density at radius 2 is 1.52 bits per heavy atom. The number of pyridine rings is 1. The summed E-state index contributed by atoms with van der Waals surface area (Å²) in [6.07, 6.45) is 3.40. The maximum absolute atomic E-state index is 13.6. The number of rotatable bonds is 7. The second-order valence-corrected chi connectivity index (χ2v) is 10.1. The van der Waals surface area contributed by atoms with Crippen molar-refractivity contribution in [2.75, 3.05) is 7.05 Å². The molecule has 0 aliphatic heterocycles. The quantitative estimate of drug-likeness (QED) is 0.649. The van der Waals surface area contributed by atoms with Crippen LogP contribution in [0.5, 0.6) is 0 Å². The van der Waals surface area contributed by atoms with E-state index in [2.05, 4.69) is 58.7 Å². The minimum absolute atomic E-state index is 0.123. The molecule has 0 amide bonds. The second-order valence-electron chi connectivity index (χ2n) is 8.11. The Kier molecular flexibility index (Phi) is 6.82. The Morgan fingerprint density at radius 3 is 1.93 bits per heavy atom. The van der Waals surface area contributed by atoms with Crippen LogP contribution in [0.1, 0.15) is 81.5 Å². The molecule has 27 heavy (non-hydrogen) atoms. The molecule has 0 unspecified atom stereocenters. The lowest BCUT2D eigenvalue weighted by molar-refractivity contribution is 0.463. The van der Waals surface area contributed by atoms with Crippen molar-refractivity contribution in [2.45, 2.75) is 70.7 Å². The van der Waals surface area contributed by atoms with Gasteiger partial charge in [-0.1, -0.05) is 59.7 Å². The van der Waals surface area contributed by atoms with E-state index < -0.39 is 10.0 Å². The summed E-state index contributed by atoms with van der Waals surface area (Å²) in [6.45, 7) is 12.8. The first-order valence-corrected chi connectivity index (χ1v) is 11.0. The number of sulfonamides is 1. The summed E-state index contributed by atoms with van der Waals surface area (Å²) < 4.78 is 28.6. The summed E-state index contributed by atoms with van der Waals surface area (Å²) >= 11 is 0. The monoisotopic (exact) mass is 388 g/mol. The molecule has 0 fully saturated rings. The van der Waals surface area contributed by atoms with Crippen molar-refractivity contribution in [3.8, 4) is 0 Å². The van der Waals surface area contributed by atoms with Crippen LogP contribution in [-0.4, -0.2) is 24.8 Å². The van der Waals surface area contributed by atoms with Crippen LogP contribution in [0.4, 0.5) is 0 Å². The van der Waals surface area contributed by atoms with E-state index in [1.807, 2.05) is 12.1 Å². The van der Waals surface area contributed by atoms with Gasteiger partial charge in [-0.15, -0.1) is 0 Å². The molecule has 0 spiro atoms. The molecule has 0 aliphatic carbocycles. The molecule has 0 saturated heterocycles. The van der Waals surface area contributed by atoms with Gasteiger partial charge in [0.05, 0.1) is 4.90 Å². The van der Waals surface area contributed by atoms with Gasteiger partial charge in [-0.25, -0.2) is 8.42 Å². The minimum atomic E-state index is -3.63. The molecule has 2 rings (SSSR count). The van der Waals surface area contributed by atoms with Gasteiger partial charge in [0.25, 0.3) is 0 Å². The van der Waals surface area contributed by atoms with Gasteiger partial charge in [0, 0.05) is 26.0 Å². The molecule has 0 atom stereocenters. The molecule has 148 valence electrons. The van der Waals surface area contributed by atoms with Crippen LogP contribution in [-0.2, 0) is 16.6 Å². The number of hydrogen-bond acceptors (Lipinski definition) is 3. The fraction of sp³-hybridized carbons (Fsp3) is 0.500. The number of benzene rings is 1. The summed E-state index contributed by atoms with van der Waals surface area (Å²) in [5.41, 5.74) is 3.88. The molecule has 0 saturated carbocycles. The number of aromatic nitrogens is 1. The average molecular weight is 389 g/mol. The van der Waals surface area contributed by atoms with E-state index in [4.69, 9.17) is 0 Å². The van der Waals surface area contributed by atoms with E-state index in [9.17, 15) is 8.42 Å². The fourth-order valence-electron chi connectivity index (χ4n) is 3.18. The molecule has 0 radical (unpaired) electrons. The molecule has 1 aromatic heterocycles. The third-order valence-electron chi connectivity index (χ3n) is 4.88. The zero-order valence-electron chi connectivity index (χ0n) is 17.5. The molecule has 0 aliphatic rings. The van der Waals surface area contributed by atoms with Gasteiger partial charge in [0.2, 0.25) is 10.0 Å². The Hall–Kier alpha value is -1.72. The van der Waals surface area contributed by atoms with Crippen LogP contribution in [0.25, 0.3) is 0 Å². The third kappa shape index (κ3) is 4.77. The van der Waals surface area contributed by atoms with E-state index >= 15 is 0 Å². The predicted molar refractivity (Wildman–Crippen MR) is 112 cm³/mol. The maximum Gasteiger partial charge on any atom is 0.243 e. The Labute approximate surface area is 164 Å². The van der Waals surface area contributed by atoms with Crippen LogP contribution in [0.2, 0.25) is 0 Å². The van der Waals surface area contributed by atoms with Crippen molar-refractivity contribution < 1.29 is 8.42 Å². The first-order chi connectivity index (χ1) is 12.6. The lowest BCUT2D eigenvalue weighted by Crippen LogP contribution is -2.29. The van der Waals surface area contributed by atoms with Gasteiger partial charge in [-0.3, -0.25) is 4.98 Å². The number of hydrogen-bond donors (Lipinski definition) is 0. The topological polar surface area (TPSA) is 50.3 Å². The van der Waals surface area contributed by atoms with Gasteiger partial charge in [0.15, 0.2) is 0 Å². The lowest BCUT2D eigenvalue weighted by atomic mass is 9.89. The normalized spacial score (nSPS) is 12.6. The molecule has 2 aromatic rings. The van der Waals surface area contributed by atoms with Crippen molar-refractivity contribution in [2.24, 2.45) is 0 Å². The number of nitrogens with zero attached hydrogens (tertiary/aromatic N) is 2. The first-order valence-electron chi connectivity index (χ1n) is 9.58. The van der Waals surface area contributed by atoms with Gasteiger partial charge in [-0.05, 0) is 46.1 Å². The average Bonchev–Trinajstić information content (AvgIpc) is 2.61. The van der Waals surface area contributed by atoms with Crippen molar-refractivity contribution in [3.63, 3.8) is 0 Å². The first kappa shape index (κ1) is 21.6. The highest BCUT2D eigenvalue weighted by Gasteiger charge is 2.30. The van der Waals surface area contributed by atoms with E-state index in [-0.39, 0.29) is 11.8 Å². The third-order valence-corrected chi connectivity index (χ3v) is 6.81. The van der Waals surface area contributed by atoms with Gasteiger partial charge in [-0.2, -0.15) is 4.31 Å². The molecule has 1 heterocycles. The minimum Gasteiger partial charge on any atom is -0.264 e. The molecular formula is C22H32N2O2S. The summed E-state index contributed by atoms with van der Waals surface area (Å²) in [5, 5.41) is 0. The second kappa shape index (κ2) is 8.53. The molecule has 1 aromatic carbocycles. The van der Waals surface area contributed by atoms with Crippen LogP contribution in [0.15, 0.2) is 41.6 Å². The molecule has 0 bridgehead atoms. The highest BCUT2D eigenvalue weighted by atomic mass is 32.2. The van der Waals surface area contributed by atoms with Crippen LogP contribution in [0.3, 0.4) is 0 Å². The maximum atomic E-state index is 13.6. The summed E-state index contributed by atoms with van der Waals surface area (Å²) in [4.78, 5) is 4.57. The van der Waals surface area contributed by atoms with Crippen molar-refractivity contribution >= 4 is 10.0 Å². The van der Waals surface area contributed by atoms with Crippen LogP contribution >= 0.6 is 0 Å². The SMILES string of the molecule is CC(C)c1cc(C(C)C)c(S(=O)(=O)N(C)Cc2cccnc2)c(C(C)C)c1. The zero-order chi connectivity index (χ0) is 20.4. The van der Waals surface area contributed by atoms with E-state index in [0.29, 0.717) is 17.4 Å². The summed E-state index contributed by atoms with van der Waals surface area (Å²) in [5.74, 6) is 0.598. The standard InChI is InChI=1S/C22H32N2O2S/c1-15(2)19-11-20(16(3)4)22(21(12-19)17(5)6)27(25,26)24(7)14-18-9-8-10-23-13-18/h8-13,15-17H,14H2,1-7H3. The Balaban J connectivity index is 2.63. The van der Waals surface area contributed by atoms with Crippen molar-refractivity contribution in [3.05, 3.63) is 58.9 Å². The van der Waals surface area contributed by atoms with E-state index in [0.717, 1.165) is 16.7 Å². The molecule has 5 heteroatoms. The van der Waals surface area contributed by atoms with Crippen LogP contribution in [0, 0.1) is 0 Å². The van der Waals surface area contributed by atoms with Crippen molar-refractivity contribution in [1.82, 2.24) is 9.29 Å². The largest absolute Gasteiger partial charge is 0.264 e. The van der Waals surface area contributed by atoms with E-state index in [1.165, 1.54) is 9.87 Å². The van der Waals surface area contributed by atoms with Crippen LogP contribution < -0.4 is 0 Å². The molecular weight excluding hydrogens is 356 g/mol. The van der Waals surface area contributed by atoms with Gasteiger partial charge in [0.1, 0.15) is 0 Å². The zero-order valence-corrected chi connectivity index (χ0v) is 18.3. The predicted octanol–water partition coefficient (Wildman–Crippen LogP) is 5.27. The molecule has 0 N–H and O–H groups in total. The van der Waals surface area contributed by atoms with Gasteiger partial charge < -0.3 is 0 Å². The molecule has 4 nitrogen and oxygen atoms in total. The fourth-order valence-corrected chi connectivity index (χ4v) is 4.99. The Bertz CT molecular complexity index is 843. The highest BCUT2D eigenvalue weighted by molar-refractivity contribution is 7.89. The van der Waals surface area contributed by atoms with E-state index in [1.54, 1.807) is 19.4 Å². The lowest BCUT2D eigenvalue weighted by Gasteiger charge is -2.26. The van der Waals surface area contributed by atoms with Crippen molar-refractivity contribution in [1.29, 1.82) is 0 Å². The summed E-state index contributed by atoms with van der Waals surface area (Å²) in [6, 6.07) is 7.87. The summed E-state index contributed by atoms with van der Waals surface area (Å²) in [7, 11) is -1.98. The highest BCUT2D eigenvalue weighted by Crippen LogP contribution is 2.36. The Morgan fingerprint density at radius 1 is 0.963 bits per heavy atom. The smallest absolute Gasteiger partial charge is 0.243 e.